The Kier molecular flexibility index (Phi) is 4.53. The summed E-state index contributed by atoms with van der Waals surface area (Å²) in [6, 6.07) is 16.1. The van der Waals surface area contributed by atoms with Crippen molar-refractivity contribution in [2.75, 3.05) is 5.32 Å². The molecule has 2 rings (SSSR count). The smallest absolute Gasteiger partial charge is 0.111 e. The lowest BCUT2D eigenvalue weighted by Crippen LogP contribution is -2.10. The molecular weight excluding hydrogens is 409 g/mol. The number of hydrogen-bond donors (Lipinski definition) is 1. The molecule has 1 N–H and O–H groups in total. The number of nitrogens with one attached hydrogen (secondary N) is 1. The van der Waals surface area contributed by atoms with Crippen LogP contribution < -0.4 is 5.32 Å². The van der Waals surface area contributed by atoms with E-state index < -0.39 is 0 Å². The molecule has 0 aliphatic rings. The van der Waals surface area contributed by atoms with Crippen molar-refractivity contribution in [3.8, 4) is 0 Å². The quantitative estimate of drug-likeness (QED) is 0.554. The van der Waals surface area contributed by atoms with E-state index in [1.165, 1.54) is 3.57 Å². The molecule has 2 aromatic carbocycles. The van der Waals surface area contributed by atoms with Crippen molar-refractivity contribution in [1.29, 1.82) is 0 Å². The zero-order valence-electron chi connectivity index (χ0n) is 8.78. The Balaban J connectivity index is 2.20. The molecule has 0 aromatic heterocycles. The average Bonchev–Trinajstić information content (AvgIpc) is 2.32. The summed E-state index contributed by atoms with van der Waals surface area (Å²) in [6.07, 6.45) is 0. The van der Waals surface area contributed by atoms with Gasteiger partial charge in [0.25, 0.3) is 0 Å². The third-order valence-electron chi connectivity index (χ3n) is 2.21. The van der Waals surface area contributed by atoms with E-state index >= 15 is 0 Å². The van der Waals surface area contributed by atoms with E-state index in [0.717, 1.165) is 20.7 Å². The van der Waals surface area contributed by atoms with Gasteiger partial charge in [0, 0.05) is 13.6 Å². The van der Waals surface area contributed by atoms with Crippen molar-refractivity contribution in [2.45, 2.75) is 0 Å². The van der Waals surface area contributed by atoms with Gasteiger partial charge in [0.2, 0.25) is 0 Å². The SMILES string of the molecule is S=C(Nc1ccccc1Br)c1cccc(I)c1. The number of rotatable bonds is 2. The molecule has 86 valence electrons. The minimum absolute atomic E-state index is 0.732. The molecule has 0 saturated heterocycles. The first-order chi connectivity index (χ1) is 8.16. The van der Waals surface area contributed by atoms with Crippen LogP contribution in [0.4, 0.5) is 5.69 Å². The molecule has 0 radical (unpaired) electrons. The Hall–Kier alpha value is -0.460. The molecule has 0 saturated carbocycles. The summed E-state index contributed by atoms with van der Waals surface area (Å²) in [5.74, 6) is 0. The van der Waals surface area contributed by atoms with E-state index in [9.17, 15) is 0 Å². The summed E-state index contributed by atoms with van der Waals surface area (Å²) in [4.78, 5) is 0.732. The number of halogens is 2. The van der Waals surface area contributed by atoms with Crippen LogP contribution in [0.3, 0.4) is 0 Å². The van der Waals surface area contributed by atoms with Gasteiger partial charge in [0.15, 0.2) is 0 Å². The Morgan fingerprint density at radius 2 is 1.88 bits per heavy atom. The topological polar surface area (TPSA) is 12.0 Å². The number of benzene rings is 2. The van der Waals surface area contributed by atoms with Crippen LogP contribution in [-0.2, 0) is 0 Å². The average molecular weight is 418 g/mol. The lowest BCUT2D eigenvalue weighted by molar-refractivity contribution is 1.56. The second-order valence-electron chi connectivity index (χ2n) is 3.44. The number of hydrogen-bond acceptors (Lipinski definition) is 1. The van der Waals surface area contributed by atoms with Gasteiger partial charge in [-0.25, -0.2) is 0 Å². The summed E-state index contributed by atoms with van der Waals surface area (Å²) < 4.78 is 2.18. The van der Waals surface area contributed by atoms with Gasteiger partial charge in [-0.05, 0) is 62.8 Å². The Morgan fingerprint density at radius 1 is 1.12 bits per heavy atom. The predicted octanol–water partition coefficient (Wildman–Crippen LogP) is 4.84. The fourth-order valence-corrected chi connectivity index (χ4v) is 2.55. The molecule has 0 atom stereocenters. The van der Waals surface area contributed by atoms with Gasteiger partial charge in [-0.3, -0.25) is 0 Å². The summed E-state index contributed by atoms with van der Waals surface area (Å²) >= 11 is 11.2. The molecule has 0 spiro atoms. The van der Waals surface area contributed by atoms with Crippen molar-refractivity contribution < 1.29 is 0 Å². The number of para-hydroxylation sites is 1. The monoisotopic (exact) mass is 417 g/mol. The summed E-state index contributed by atoms with van der Waals surface area (Å²) in [5.41, 5.74) is 2.01. The maximum absolute atomic E-state index is 5.39. The van der Waals surface area contributed by atoms with Crippen LogP contribution in [0.5, 0.6) is 0 Å². The van der Waals surface area contributed by atoms with Crippen LogP contribution in [0, 0.1) is 3.57 Å². The third-order valence-corrected chi connectivity index (χ3v) is 3.91. The van der Waals surface area contributed by atoms with Crippen molar-refractivity contribution in [3.63, 3.8) is 0 Å². The maximum atomic E-state index is 5.39. The van der Waals surface area contributed by atoms with Gasteiger partial charge < -0.3 is 5.32 Å². The Morgan fingerprint density at radius 3 is 2.59 bits per heavy atom. The zero-order chi connectivity index (χ0) is 12.3. The molecule has 0 heterocycles. The molecule has 0 unspecified atom stereocenters. The Bertz CT molecular complexity index is 557. The molecule has 2 aromatic rings. The van der Waals surface area contributed by atoms with E-state index in [4.69, 9.17) is 12.2 Å². The summed E-state index contributed by atoms with van der Waals surface area (Å²) in [7, 11) is 0. The summed E-state index contributed by atoms with van der Waals surface area (Å²) in [5, 5.41) is 3.23. The normalized spacial score (nSPS) is 10.0. The highest BCUT2D eigenvalue weighted by atomic mass is 127. The van der Waals surface area contributed by atoms with E-state index in [1.807, 2.05) is 42.5 Å². The van der Waals surface area contributed by atoms with E-state index in [2.05, 4.69) is 49.9 Å². The van der Waals surface area contributed by atoms with Crippen LogP contribution in [0.15, 0.2) is 53.0 Å². The van der Waals surface area contributed by atoms with Crippen LogP contribution in [0.1, 0.15) is 5.56 Å². The van der Waals surface area contributed by atoms with Crippen LogP contribution >= 0.6 is 50.7 Å². The molecule has 17 heavy (non-hydrogen) atoms. The van der Waals surface area contributed by atoms with Gasteiger partial charge in [0.05, 0.1) is 5.69 Å². The molecule has 0 bridgehead atoms. The minimum Gasteiger partial charge on any atom is -0.345 e. The number of anilines is 1. The van der Waals surface area contributed by atoms with Crippen molar-refractivity contribution in [1.82, 2.24) is 0 Å². The number of thiocarbonyl (C=S) groups is 1. The Labute approximate surface area is 128 Å². The van der Waals surface area contributed by atoms with Gasteiger partial charge in [-0.2, -0.15) is 0 Å². The van der Waals surface area contributed by atoms with Crippen molar-refractivity contribution >= 4 is 61.4 Å². The highest BCUT2D eigenvalue weighted by Crippen LogP contribution is 2.22. The standard InChI is InChI=1S/C13H9BrINS/c14-11-6-1-2-7-12(11)16-13(17)9-4-3-5-10(15)8-9/h1-8H,(H,16,17). The first-order valence-electron chi connectivity index (χ1n) is 4.98. The van der Waals surface area contributed by atoms with E-state index in [1.54, 1.807) is 0 Å². The van der Waals surface area contributed by atoms with Gasteiger partial charge in [-0.1, -0.05) is 36.5 Å². The molecule has 4 heteroatoms. The molecule has 1 nitrogen and oxygen atoms in total. The zero-order valence-corrected chi connectivity index (χ0v) is 13.3. The van der Waals surface area contributed by atoms with Gasteiger partial charge in [0.1, 0.15) is 4.99 Å². The van der Waals surface area contributed by atoms with Crippen LogP contribution in [-0.4, -0.2) is 4.99 Å². The lowest BCUT2D eigenvalue weighted by Gasteiger charge is -2.09. The van der Waals surface area contributed by atoms with E-state index in [0.29, 0.717) is 0 Å². The third kappa shape index (κ3) is 3.50. The first-order valence-corrected chi connectivity index (χ1v) is 7.26. The van der Waals surface area contributed by atoms with Gasteiger partial charge in [-0.15, -0.1) is 0 Å². The van der Waals surface area contributed by atoms with Crippen LogP contribution in [0.25, 0.3) is 0 Å². The summed E-state index contributed by atoms with van der Waals surface area (Å²) in [6.45, 7) is 0. The molecule has 0 aliphatic heterocycles. The highest BCUT2D eigenvalue weighted by molar-refractivity contribution is 14.1. The van der Waals surface area contributed by atoms with Crippen molar-refractivity contribution in [2.24, 2.45) is 0 Å². The minimum atomic E-state index is 0.732. The van der Waals surface area contributed by atoms with E-state index in [-0.39, 0.29) is 0 Å². The molecule has 0 amide bonds. The second kappa shape index (κ2) is 5.93. The molecular formula is C13H9BrINS. The largest absolute Gasteiger partial charge is 0.345 e. The lowest BCUT2D eigenvalue weighted by atomic mass is 10.2. The maximum Gasteiger partial charge on any atom is 0.111 e. The predicted molar refractivity (Wildman–Crippen MR) is 88.6 cm³/mol. The fraction of sp³-hybridized carbons (Fsp3) is 0. The van der Waals surface area contributed by atoms with Gasteiger partial charge >= 0.3 is 0 Å². The van der Waals surface area contributed by atoms with Crippen molar-refractivity contribution in [3.05, 3.63) is 62.1 Å². The molecule has 0 fully saturated rings. The highest BCUT2D eigenvalue weighted by Gasteiger charge is 2.04. The second-order valence-corrected chi connectivity index (χ2v) is 5.95. The van der Waals surface area contributed by atoms with Crippen LogP contribution in [0.2, 0.25) is 0 Å². The fourth-order valence-electron chi connectivity index (χ4n) is 1.39. The first kappa shape index (κ1) is 13.0. The molecule has 0 aliphatic carbocycles.